The van der Waals surface area contributed by atoms with Crippen molar-refractivity contribution >= 4 is 23.5 Å². The molecular weight excluding hydrogens is 306 g/mol. The number of hydrazone groups is 1. The van der Waals surface area contributed by atoms with Crippen LogP contribution in [-0.4, -0.2) is 27.4 Å². The quantitative estimate of drug-likeness (QED) is 0.435. The Morgan fingerprint density at radius 2 is 2.00 bits per heavy atom. The molecule has 0 aliphatic rings. The van der Waals surface area contributed by atoms with Gasteiger partial charge in [0.05, 0.1) is 17.4 Å². The first-order chi connectivity index (χ1) is 11.6. The number of amides is 2. The van der Waals surface area contributed by atoms with Gasteiger partial charge in [-0.2, -0.15) is 5.10 Å². The first-order valence-electron chi connectivity index (χ1n) is 7.22. The smallest absolute Gasteiger partial charge is 0.332 e. The van der Waals surface area contributed by atoms with Gasteiger partial charge in [-0.05, 0) is 36.8 Å². The van der Waals surface area contributed by atoms with Gasteiger partial charge >= 0.3 is 6.03 Å². The Morgan fingerprint density at radius 3 is 2.71 bits per heavy atom. The molecule has 24 heavy (non-hydrogen) atoms. The molecule has 0 radical (unpaired) electrons. The number of hydrogen-bond acceptors (Lipinski definition) is 4. The standard InChI is InChI=1S/C17H15N5O2/c1-11-13(10-20-21-17(18)24)14-4-2-3-9-22(14)15(11)16(23)12-5-7-19-8-6-12/h2-10H,1H3,(H3,18,21,24)/b20-10+. The number of primary amides is 1. The Morgan fingerprint density at radius 1 is 1.25 bits per heavy atom. The summed E-state index contributed by atoms with van der Waals surface area (Å²) in [6.45, 7) is 1.84. The third-order valence-electron chi connectivity index (χ3n) is 3.66. The molecule has 0 atom stereocenters. The topological polar surface area (TPSA) is 102 Å². The molecule has 0 bridgehead atoms. The Bertz CT molecular complexity index is 944. The molecular formula is C17H15N5O2. The van der Waals surface area contributed by atoms with Crippen LogP contribution in [0.3, 0.4) is 0 Å². The Labute approximate surface area is 137 Å². The Hall–Kier alpha value is -3.48. The second kappa shape index (κ2) is 6.33. The van der Waals surface area contributed by atoms with Crippen molar-refractivity contribution in [1.29, 1.82) is 0 Å². The number of hydrogen-bond donors (Lipinski definition) is 2. The van der Waals surface area contributed by atoms with Crippen LogP contribution in [0, 0.1) is 6.92 Å². The van der Waals surface area contributed by atoms with Gasteiger partial charge in [0.1, 0.15) is 0 Å². The highest BCUT2D eigenvalue weighted by molar-refractivity contribution is 6.11. The van der Waals surface area contributed by atoms with Gasteiger partial charge in [0.2, 0.25) is 5.78 Å². The number of nitrogens with zero attached hydrogens (tertiary/aromatic N) is 3. The van der Waals surface area contributed by atoms with E-state index in [1.165, 1.54) is 6.21 Å². The van der Waals surface area contributed by atoms with Crippen LogP contribution >= 0.6 is 0 Å². The average molecular weight is 321 g/mol. The van der Waals surface area contributed by atoms with Crippen molar-refractivity contribution in [2.45, 2.75) is 6.92 Å². The van der Waals surface area contributed by atoms with Crippen molar-refractivity contribution < 1.29 is 9.59 Å². The lowest BCUT2D eigenvalue weighted by atomic mass is 10.1. The molecule has 3 N–H and O–H groups in total. The SMILES string of the molecule is Cc1c(/C=N/NC(N)=O)c2ccccn2c1C(=O)c1ccncc1. The lowest BCUT2D eigenvalue weighted by molar-refractivity contribution is 0.103. The van der Waals surface area contributed by atoms with E-state index in [9.17, 15) is 9.59 Å². The molecule has 3 aromatic rings. The van der Waals surface area contributed by atoms with E-state index in [0.29, 0.717) is 11.3 Å². The van der Waals surface area contributed by atoms with Crippen molar-refractivity contribution in [2.24, 2.45) is 10.8 Å². The molecule has 3 heterocycles. The number of nitrogens with two attached hydrogens (primary N) is 1. The monoisotopic (exact) mass is 321 g/mol. The molecule has 120 valence electrons. The fraction of sp³-hybridized carbons (Fsp3) is 0.0588. The molecule has 0 fully saturated rings. The van der Waals surface area contributed by atoms with E-state index in [0.717, 1.165) is 16.6 Å². The predicted molar refractivity (Wildman–Crippen MR) is 90.1 cm³/mol. The highest BCUT2D eigenvalue weighted by Crippen LogP contribution is 2.24. The zero-order valence-corrected chi connectivity index (χ0v) is 12.9. The summed E-state index contributed by atoms with van der Waals surface area (Å²) in [4.78, 5) is 27.6. The number of carbonyl (C=O) groups is 2. The largest absolute Gasteiger partial charge is 0.350 e. The van der Waals surface area contributed by atoms with Gasteiger partial charge in [0, 0.05) is 29.7 Å². The maximum absolute atomic E-state index is 12.9. The first kappa shape index (κ1) is 15.4. The van der Waals surface area contributed by atoms with Crippen molar-refractivity contribution in [3.63, 3.8) is 0 Å². The number of rotatable bonds is 4. The third-order valence-corrected chi connectivity index (χ3v) is 3.66. The summed E-state index contributed by atoms with van der Waals surface area (Å²) in [6, 6.07) is 8.19. The van der Waals surface area contributed by atoms with E-state index >= 15 is 0 Å². The molecule has 0 spiro atoms. The van der Waals surface area contributed by atoms with Crippen molar-refractivity contribution in [1.82, 2.24) is 14.8 Å². The minimum atomic E-state index is -0.750. The molecule has 7 heteroatoms. The van der Waals surface area contributed by atoms with Crippen LogP contribution < -0.4 is 11.2 Å². The number of ketones is 1. The summed E-state index contributed by atoms with van der Waals surface area (Å²) in [5, 5.41) is 3.81. The number of carbonyl (C=O) groups excluding carboxylic acids is 2. The van der Waals surface area contributed by atoms with Crippen LogP contribution in [0.25, 0.3) is 5.52 Å². The summed E-state index contributed by atoms with van der Waals surface area (Å²) >= 11 is 0. The first-order valence-corrected chi connectivity index (χ1v) is 7.22. The molecule has 0 unspecified atom stereocenters. The third kappa shape index (κ3) is 2.74. The maximum Gasteiger partial charge on any atom is 0.332 e. The highest BCUT2D eigenvalue weighted by Gasteiger charge is 2.20. The average Bonchev–Trinajstić information content (AvgIpc) is 2.87. The molecule has 0 saturated heterocycles. The van der Waals surface area contributed by atoms with Crippen molar-refractivity contribution in [3.05, 3.63) is 71.3 Å². The van der Waals surface area contributed by atoms with Crippen LogP contribution in [0.2, 0.25) is 0 Å². The van der Waals surface area contributed by atoms with Crippen LogP contribution in [-0.2, 0) is 0 Å². The Balaban J connectivity index is 2.15. The van der Waals surface area contributed by atoms with E-state index < -0.39 is 6.03 Å². The van der Waals surface area contributed by atoms with Gasteiger partial charge in [-0.1, -0.05) is 6.07 Å². The van der Waals surface area contributed by atoms with Gasteiger partial charge in [-0.25, -0.2) is 10.2 Å². The summed E-state index contributed by atoms with van der Waals surface area (Å²) < 4.78 is 1.81. The van der Waals surface area contributed by atoms with Gasteiger partial charge in [0.15, 0.2) is 0 Å². The molecule has 7 nitrogen and oxygen atoms in total. The predicted octanol–water partition coefficient (Wildman–Crippen LogP) is 1.88. The summed E-state index contributed by atoms with van der Waals surface area (Å²) in [7, 11) is 0. The number of pyridine rings is 2. The van der Waals surface area contributed by atoms with Crippen LogP contribution in [0.5, 0.6) is 0 Å². The molecule has 3 aromatic heterocycles. The minimum absolute atomic E-state index is 0.112. The molecule has 0 aliphatic heterocycles. The van der Waals surface area contributed by atoms with E-state index in [-0.39, 0.29) is 5.78 Å². The van der Waals surface area contributed by atoms with E-state index in [4.69, 9.17) is 5.73 Å². The number of nitrogens with one attached hydrogen (secondary N) is 1. The van der Waals surface area contributed by atoms with Gasteiger partial charge in [-0.15, -0.1) is 0 Å². The van der Waals surface area contributed by atoms with Crippen LogP contribution in [0.15, 0.2) is 54.0 Å². The second-order valence-corrected chi connectivity index (χ2v) is 5.14. The van der Waals surface area contributed by atoms with E-state index in [1.807, 2.05) is 35.7 Å². The fourth-order valence-corrected chi connectivity index (χ4v) is 2.60. The summed E-state index contributed by atoms with van der Waals surface area (Å²) in [5.74, 6) is -0.112. The molecule has 0 saturated carbocycles. The highest BCUT2D eigenvalue weighted by atomic mass is 16.2. The fourth-order valence-electron chi connectivity index (χ4n) is 2.60. The van der Waals surface area contributed by atoms with Gasteiger partial charge < -0.3 is 10.1 Å². The van der Waals surface area contributed by atoms with Gasteiger partial charge in [0.25, 0.3) is 0 Å². The van der Waals surface area contributed by atoms with E-state index in [1.54, 1.807) is 24.5 Å². The molecule has 3 rings (SSSR count). The zero-order valence-electron chi connectivity index (χ0n) is 12.9. The normalized spacial score (nSPS) is 11.0. The lowest BCUT2D eigenvalue weighted by Gasteiger charge is -2.03. The van der Waals surface area contributed by atoms with Crippen LogP contribution in [0.4, 0.5) is 4.79 Å². The minimum Gasteiger partial charge on any atom is -0.350 e. The number of urea groups is 1. The maximum atomic E-state index is 12.9. The molecule has 0 aliphatic carbocycles. The van der Waals surface area contributed by atoms with Crippen molar-refractivity contribution in [2.75, 3.05) is 0 Å². The zero-order chi connectivity index (χ0) is 17.1. The van der Waals surface area contributed by atoms with E-state index in [2.05, 4.69) is 15.5 Å². The summed E-state index contributed by atoms with van der Waals surface area (Å²) in [6.07, 6.45) is 6.46. The lowest BCUT2D eigenvalue weighted by Crippen LogP contribution is -2.24. The van der Waals surface area contributed by atoms with Crippen LogP contribution in [0.1, 0.15) is 27.2 Å². The Kier molecular flexibility index (Phi) is 4.07. The number of aromatic nitrogens is 2. The molecule has 2 amide bonds. The second-order valence-electron chi connectivity index (χ2n) is 5.14. The van der Waals surface area contributed by atoms with Crippen molar-refractivity contribution in [3.8, 4) is 0 Å². The number of fused-ring (bicyclic) bond motifs is 1. The van der Waals surface area contributed by atoms with Gasteiger partial charge in [-0.3, -0.25) is 9.78 Å². The summed E-state index contributed by atoms with van der Waals surface area (Å²) in [5.41, 5.74) is 10.6. The molecule has 0 aromatic carbocycles.